The zero-order valence-corrected chi connectivity index (χ0v) is 18.2. The van der Waals surface area contributed by atoms with Gasteiger partial charge in [-0.25, -0.2) is 0 Å². The van der Waals surface area contributed by atoms with Crippen molar-refractivity contribution in [3.63, 3.8) is 0 Å². The summed E-state index contributed by atoms with van der Waals surface area (Å²) in [4.78, 5) is 0. The van der Waals surface area contributed by atoms with Crippen molar-refractivity contribution in [3.05, 3.63) is 133 Å². The van der Waals surface area contributed by atoms with Crippen molar-refractivity contribution >= 4 is 24.6 Å². The second-order valence-electron chi connectivity index (χ2n) is 6.09. The fourth-order valence-electron chi connectivity index (χ4n) is 1.71. The van der Waals surface area contributed by atoms with Gasteiger partial charge < -0.3 is 0 Å². The third-order valence-corrected chi connectivity index (χ3v) is 3.01. The average molecular weight is 393 g/mol. The highest BCUT2D eigenvalue weighted by atomic mass is 35.5. The van der Waals surface area contributed by atoms with Crippen LogP contribution in [-0.4, -0.2) is 0 Å². The molecule has 0 atom stereocenters. The second-order valence-corrected chi connectivity index (χ2v) is 6.09. The van der Waals surface area contributed by atoms with Crippen molar-refractivity contribution in [2.24, 2.45) is 0 Å². The van der Waals surface area contributed by atoms with Gasteiger partial charge >= 0.3 is 0 Å². The van der Waals surface area contributed by atoms with Crippen LogP contribution in [0.25, 0.3) is 12.2 Å². The zero-order valence-electron chi connectivity index (χ0n) is 17.3. The summed E-state index contributed by atoms with van der Waals surface area (Å²) >= 11 is 0. The van der Waals surface area contributed by atoms with Gasteiger partial charge in [0.1, 0.15) is 0 Å². The third kappa shape index (κ3) is 18.0. The molecule has 0 aliphatic carbocycles. The summed E-state index contributed by atoms with van der Waals surface area (Å²) in [6.45, 7) is 16.8. The zero-order chi connectivity index (χ0) is 20.3. The quantitative estimate of drug-likeness (QED) is 0.382. The maximum atomic E-state index is 3.63. The van der Waals surface area contributed by atoms with Gasteiger partial charge in [-0.1, -0.05) is 127 Å². The Hall–Kier alpha value is -2.83. The molecule has 0 fully saturated rings. The number of hydrogen-bond acceptors (Lipinski definition) is 0. The van der Waals surface area contributed by atoms with Crippen LogP contribution in [-0.2, 0) is 0 Å². The van der Waals surface area contributed by atoms with Gasteiger partial charge in [-0.3, -0.25) is 0 Å². The Morgan fingerprint density at radius 1 is 0.607 bits per heavy atom. The van der Waals surface area contributed by atoms with Gasteiger partial charge in [0.25, 0.3) is 0 Å². The molecule has 0 unspecified atom stereocenters. The minimum atomic E-state index is 0. The SMILES string of the molecule is C=C(C)C.C=Cc1ccccc1.C=Cc1ccccc1.Cc1ccccc1.Cl. The average Bonchev–Trinajstić information content (AvgIpc) is 2.70. The summed E-state index contributed by atoms with van der Waals surface area (Å²) in [7, 11) is 0. The molecule has 0 aromatic heterocycles. The summed E-state index contributed by atoms with van der Waals surface area (Å²) in [5.41, 5.74) is 4.84. The Morgan fingerprint density at radius 2 is 0.857 bits per heavy atom. The lowest BCUT2D eigenvalue weighted by atomic mass is 10.2. The van der Waals surface area contributed by atoms with E-state index in [0.29, 0.717) is 0 Å². The molecule has 0 nitrogen and oxygen atoms in total. The van der Waals surface area contributed by atoms with E-state index in [0.717, 1.165) is 0 Å². The number of rotatable bonds is 2. The van der Waals surface area contributed by atoms with E-state index in [1.54, 1.807) is 0 Å². The van der Waals surface area contributed by atoms with Gasteiger partial charge in [0.05, 0.1) is 0 Å². The Labute approximate surface area is 178 Å². The van der Waals surface area contributed by atoms with Gasteiger partial charge in [-0.15, -0.1) is 19.0 Å². The van der Waals surface area contributed by atoms with Crippen molar-refractivity contribution in [2.75, 3.05) is 0 Å². The van der Waals surface area contributed by atoms with Crippen LogP contribution in [0.15, 0.2) is 116 Å². The summed E-state index contributed by atoms with van der Waals surface area (Å²) in [6.07, 6.45) is 3.67. The highest BCUT2D eigenvalue weighted by Crippen LogP contribution is 1.98. The predicted octanol–water partition coefficient (Wildman–Crippen LogP) is 8.66. The summed E-state index contributed by atoms with van der Waals surface area (Å²) in [5.74, 6) is 0. The highest BCUT2D eigenvalue weighted by molar-refractivity contribution is 5.85. The van der Waals surface area contributed by atoms with E-state index < -0.39 is 0 Å². The maximum absolute atomic E-state index is 3.63. The van der Waals surface area contributed by atoms with Gasteiger partial charge in [0, 0.05) is 0 Å². The standard InChI is InChI=1S/2C8H8.C7H8.C4H8.ClH/c2*1-2-8-6-4-3-5-7-8;1-7-5-3-2-4-6-7;1-4(2)3;/h2*2-7H,1H2;2-6H,1H3;1H2,2-3H3;1H. The molecule has 0 heterocycles. The van der Waals surface area contributed by atoms with Crippen molar-refractivity contribution in [1.29, 1.82) is 0 Å². The van der Waals surface area contributed by atoms with Crippen LogP contribution in [0.3, 0.4) is 0 Å². The molecule has 0 bridgehead atoms. The number of hydrogen-bond donors (Lipinski definition) is 0. The third-order valence-electron chi connectivity index (χ3n) is 3.01. The monoisotopic (exact) mass is 392 g/mol. The maximum Gasteiger partial charge on any atom is -0.0263 e. The molecular formula is C27H33Cl. The lowest BCUT2D eigenvalue weighted by Gasteiger charge is -1.85. The van der Waals surface area contributed by atoms with Crippen LogP contribution in [0, 0.1) is 6.92 Å². The van der Waals surface area contributed by atoms with E-state index in [1.165, 1.54) is 22.3 Å². The minimum absolute atomic E-state index is 0. The normalized spacial score (nSPS) is 7.96. The topological polar surface area (TPSA) is 0 Å². The minimum Gasteiger partial charge on any atom is -0.147 e. The molecule has 0 saturated carbocycles. The molecule has 28 heavy (non-hydrogen) atoms. The van der Waals surface area contributed by atoms with Crippen LogP contribution in [0.2, 0.25) is 0 Å². The summed E-state index contributed by atoms with van der Waals surface area (Å²) < 4.78 is 0. The number of benzene rings is 3. The van der Waals surface area contributed by atoms with Crippen molar-refractivity contribution in [2.45, 2.75) is 20.8 Å². The first-order chi connectivity index (χ1) is 13.0. The van der Waals surface area contributed by atoms with Crippen molar-refractivity contribution in [1.82, 2.24) is 0 Å². The van der Waals surface area contributed by atoms with E-state index >= 15 is 0 Å². The molecule has 0 radical (unpaired) electrons. The number of aryl methyl sites for hydroxylation is 1. The molecule has 0 spiro atoms. The van der Waals surface area contributed by atoms with E-state index in [4.69, 9.17) is 0 Å². The Balaban J connectivity index is 0. The van der Waals surface area contributed by atoms with E-state index in [2.05, 4.69) is 38.8 Å². The molecule has 0 aliphatic rings. The lowest BCUT2D eigenvalue weighted by Crippen LogP contribution is -1.63. The fraction of sp³-hybridized carbons (Fsp3) is 0.111. The molecule has 3 aromatic rings. The second kappa shape index (κ2) is 18.9. The van der Waals surface area contributed by atoms with Crippen molar-refractivity contribution < 1.29 is 0 Å². The van der Waals surface area contributed by atoms with Crippen LogP contribution in [0.1, 0.15) is 30.5 Å². The van der Waals surface area contributed by atoms with Crippen molar-refractivity contribution in [3.8, 4) is 0 Å². The molecular weight excluding hydrogens is 360 g/mol. The van der Waals surface area contributed by atoms with E-state index in [9.17, 15) is 0 Å². The summed E-state index contributed by atoms with van der Waals surface area (Å²) in [5, 5.41) is 0. The molecule has 0 amide bonds. The Morgan fingerprint density at radius 3 is 1.00 bits per heavy atom. The van der Waals surface area contributed by atoms with Gasteiger partial charge in [0.2, 0.25) is 0 Å². The van der Waals surface area contributed by atoms with Crippen LogP contribution in [0.4, 0.5) is 0 Å². The van der Waals surface area contributed by atoms with Gasteiger partial charge in [-0.2, -0.15) is 0 Å². The molecule has 148 valence electrons. The first-order valence-electron chi connectivity index (χ1n) is 8.98. The fourth-order valence-corrected chi connectivity index (χ4v) is 1.71. The first kappa shape index (κ1) is 27.4. The lowest BCUT2D eigenvalue weighted by molar-refractivity contribution is 1.42. The Kier molecular flexibility index (Phi) is 18.5. The van der Waals surface area contributed by atoms with Crippen LogP contribution >= 0.6 is 12.4 Å². The molecule has 0 N–H and O–H groups in total. The van der Waals surface area contributed by atoms with Crippen LogP contribution in [0.5, 0.6) is 0 Å². The van der Waals surface area contributed by atoms with Gasteiger partial charge in [-0.05, 0) is 31.9 Å². The van der Waals surface area contributed by atoms with E-state index in [1.807, 2.05) is 105 Å². The molecule has 3 rings (SSSR count). The smallest absolute Gasteiger partial charge is 0.0263 e. The molecule has 0 saturated heterocycles. The largest absolute Gasteiger partial charge is 0.147 e. The Bertz CT molecular complexity index is 697. The number of allylic oxidation sites excluding steroid dienone is 1. The first-order valence-corrected chi connectivity index (χ1v) is 8.98. The summed E-state index contributed by atoms with van der Waals surface area (Å²) in [6, 6.07) is 30.3. The van der Waals surface area contributed by atoms with E-state index in [-0.39, 0.29) is 12.4 Å². The van der Waals surface area contributed by atoms with Crippen LogP contribution < -0.4 is 0 Å². The van der Waals surface area contributed by atoms with Gasteiger partial charge in [0.15, 0.2) is 0 Å². The molecule has 3 aromatic carbocycles. The predicted molar refractivity (Wildman–Crippen MR) is 132 cm³/mol. The molecule has 0 aliphatic heterocycles. The number of halogens is 1. The highest BCUT2D eigenvalue weighted by Gasteiger charge is 1.76. The molecule has 1 heteroatoms.